The number of carbonyl (C=O) groups is 3. The largest absolute Gasteiger partial charge is 0.462 e. The topological polar surface area (TPSA) is 84.5 Å². The molecule has 0 radical (unpaired) electrons. The number of hydrogen-bond acceptors (Lipinski definition) is 4. The summed E-state index contributed by atoms with van der Waals surface area (Å²) in [6, 6.07) is 14.3. The number of esters is 1. The maximum Gasteiger partial charge on any atom is 0.338 e. The van der Waals surface area contributed by atoms with E-state index in [1.807, 2.05) is 6.07 Å². The second-order valence-electron chi connectivity index (χ2n) is 5.35. The van der Waals surface area contributed by atoms with Crippen molar-refractivity contribution < 1.29 is 19.1 Å². The lowest BCUT2D eigenvalue weighted by Gasteiger charge is -2.14. The molecule has 0 bridgehead atoms. The van der Waals surface area contributed by atoms with Gasteiger partial charge in [-0.1, -0.05) is 18.2 Å². The van der Waals surface area contributed by atoms with Gasteiger partial charge >= 0.3 is 5.97 Å². The zero-order valence-electron chi connectivity index (χ0n) is 14.1. The van der Waals surface area contributed by atoms with Gasteiger partial charge in [0, 0.05) is 11.3 Å². The summed E-state index contributed by atoms with van der Waals surface area (Å²) in [4.78, 5) is 35.8. The highest BCUT2D eigenvalue weighted by Gasteiger charge is 2.16. The summed E-state index contributed by atoms with van der Waals surface area (Å²) >= 11 is 0. The van der Waals surface area contributed by atoms with E-state index in [2.05, 4.69) is 10.6 Å². The van der Waals surface area contributed by atoms with Crippen LogP contribution in [-0.2, 0) is 9.53 Å². The number of ether oxygens (including phenoxy) is 1. The lowest BCUT2D eigenvalue weighted by Crippen LogP contribution is -2.41. The lowest BCUT2D eigenvalue weighted by atomic mass is 10.2. The van der Waals surface area contributed by atoms with Crippen LogP contribution in [-0.4, -0.2) is 30.4 Å². The first-order chi connectivity index (χ1) is 12.0. The van der Waals surface area contributed by atoms with Gasteiger partial charge in [0.2, 0.25) is 5.91 Å². The zero-order valence-corrected chi connectivity index (χ0v) is 14.1. The molecule has 0 saturated heterocycles. The van der Waals surface area contributed by atoms with Crippen molar-refractivity contribution in [3.05, 3.63) is 65.7 Å². The van der Waals surface area contributed by atoms with Crippen molar-refractivity contribution in [2.75, 3.05) is 11.9 Å². The Morgan fingerprint density at radius 1 is 0.960 bits per heavy atom. The minimum atomic E-state index is -0.711. The highest BCUT2D eigenvalue weighted by Crippen LogP contribution is 2.11. The molecule has 0 aromatic heterocycles. The van der Waals surface area contributed by atoms with Gasteiger partial charge in [0.25, 0.3) is 5.91 Å². The number of hydrogen-bond donors (Lipinski definition) is 2. The van der Waals surface area contributed by atoms with Crippen LogP contribution in [0.3, 0.4) is 0 Å². The Hall–Kier alpha value is -3.15. The maximum absolute atomic E-state index is 12.2. The number of carbonyl (C=O) groups excluding carboxylic acids is 3. The van der Waals surface area contributed by atoms with Gasteiger partial charge < -0.3 is 15.4 Å². The third-order valence-corrected chi connectivity index (χ3v) is 3.44. The minimum Gasteiger partial charge on any atom is -0.462 e. The van der Waals surface area contributed by atoms with Gasteiger partial charge in [-0.05, 0) is 50.2 Å². The van der Waals surface area contributed by atoms with Crippen LogP contribution >= 0.6 is 0 Å². The highest BCUT2D eigenvalue weighted by atomic mass is 16.5. The van der Waals surface area contributed by atoms with E-state index in [4.69, 9.17) is 4.74 Å². The van der Waals surface area contributed by atoms with Crippen LogP contribution in [0.1, 0.15) is 34.6 Å². The summed E-state index contributed by atoms with van der Waals surface area (Å²) in [7, 11) is 0. The molecule has 6 nitrogen and oxygen atoms in total. The Bertz CT molecular complexity index is 742. The van der Waals surface area contributed by atoms with Crippen LogP contribution in [0.25, 0.3) is 0 Å². The average molecular weight is 340 g/mol. The molecule has 0 heterocycles. The molecule has 2 aromatic carbocycles. The normalized spacial score (nSPS) is 11.3. The molecule has 1 unspecified atom stereocenters. The molecular formula is C19H20N2O4. The molecule has 0 saturated carbocycles. The molecule has 0 fully saturated rings. The predicted octanol–water partition coefficient (Wildman–Crippen LogP) is 2.62. The van der Waals surface area contributed by atoms with Crippen LogP contribution in [0.4, 0.5) is 5.69 Å². The van der Waals surface area contributed by atoms with Crippen LogP contribution in [0.15, 0.2) is 54.6 Å². The summed E-state index contributed by atoms with van der Waals surface area (Å²) in [6.45, 7) is 3.64. The van der Waals surface area contributed by atoms with Gasteiger partial charge in [-0.25, -0.2) is 4.79 Å². The Labute approximate surface area is 146 Å². The smallest absolute Gasteiger partial charge is 0.338 e. The fourth-order valence-electron chi connectivity index (χ4n) is 2.09. The quantitative estimate of drug-likeness (QED) is 0.792. The SMILES string of the molecule is CCOC(=O)c1ccc(NC(=O)C(C)NC(=O)c2ccccc2)cc1. The molecule has 6 heteroatoms. The van der Waals surface area contributed by atoms with E-state index in [1.165, 1.54) is 0 Å². The molecule has 2 rings (SSSR count). The van der Waals surface area contributed by atoms with Crippen LogP contribution in [0.5, 0.6) is 0 Å². The first-order valence-electron chi connectivity index (χ1n) is 7.95. The molecule has 130 valence electrons. The zero-order chi connectivity index (χ0) is 18.2. The second kappa shape index (κ2) is 8.63. The predicted molar refractivity (Wildman–Crippen MR) is 94.4 cm³/mol. The van der Waals surface area contributed by atoms with Gasteiger partial charge in [-0.15, -0.1) is 0 Å². The van der Waals surface area contributed by atoms with E-state index in [0.717, 1.165) is 0 Å². The van der Waals surface area contributed by atoms with E-state index in [0.29, 0.717) is 23.4 Å². The molecule has 2 amide bonds. The fraction of sp³-hybridized carbons (Fsp3) is 0.211. The number of nitrogens with one attached hydrogen (secondary N) is 2. The molecule has 0 aliphatic rings. The van der Waals surface area contributed by atoms with E-state index < -0.39 is 12.0 Å². The molecule has 0 aliphatic heterocycles. The Kier molecular flexibility index (Phi) is 6.28. The van der Waals surface area contributed by atoms with E-state index in [1.54, 1.807) is 62.4 Å². The second-order valence-corrected chi connectivity index (χ2v) is 5.35. The van der Waals surface area contributed by atoms with Gasteiger partial charge in [0.15, 0.2) is 0 Å². The van der Waals surface area contributed by atoms with Crippen molar-refractivity contribution in [3.8, 4) is 0 Å². The monoisotopic (exact) mass is 340 g/mol. The molecule has 2 N–H and O–H groups in total. The molecule has 0 spiro atoms. The highest BCUT2D eigenvalue weighted by molar-refractivity contribution is 6.01. The van der Waals surface area contributed by atoms with E-state index >= 15 is 0 Å². The van der Waals surface area contributed by atoms with Gasteiger partial charge in [-0.2, -0.15) is 0 Å². The number of anilines is 1. The number of rotatable bonds is 6. The standard InChI is InChI=1S/C19H20N2O4/c1-3-25-19(24)15-9-11-16(12-10-15)21-17(22)13(2)20-18(23)14-7-5-4-6-8-14/h4-13H,3H2,1-2H3,(H,20,23)(H,21,22). The van der Waals surface area contributed by atoms with Gasteiger partial charge in [0.1, 0.15) is 6.04 Å². The third-order valence-electron chi connectivity index (χ3n) is 3.44. The summed E-state index contributed by atoms with van der Waals surface area (Å²) in [5.74, 6) is -1.09. The van der Waals surface area contributed by atoms with Crippen molar-refractivity contribution in [1.29, 1.82) is 0 Å². The van der Waals surface area contributed by atoms with Crippen molar-refractivity contribution >= 4 is 23.5 Å². The maximum atomic E-state index is 12.2. The van der Waals surface area contributed by atoms with Crippen molar-refractivity contribution in [2.24, 2.45) is 0 Å². The Morgan fingerprint density at radius 3 is 2.20 bits per heavy atom. The van der Waals surface area contributed by atoms with E-state index in [-0.39, 0.29) is 11.8 Å². The minimum absolute atomic E-state index is 0.302. The Morgan fingerprint density at radius 2 is 1.60 bits per heavy atom. The summed E-state index contributed by atoms with van der Waals surface area (Å²) in [5.41, 5.74) is 1.42. The fourth-order valence-corrected chi connectivity index (χ4v) is 2.09. The van der Waals surface area contributed by atoms with Crippen molar-refractivity contribution in [1.82, 2.24) is 5.32 Å². The van der Waals surface area contributed by atoms with Crippen LogP contribution in [0, 0.1) is 0 Å². The van der Waals surface area contributed by atoms with Crippen LogP contribution < -0.4 is 10.6 Å². The van der Waals surface area contributed by atoms with Gasteiger partial charge in [-0.3, -0.25) is 9.59 Å². The summed E-state index contributed by atoms with van der Waals surface area (Å²) < 4.78 is 4.90. The molecule has 0 aliphatic carbocycles. The lowest BCUT2D eigenvalue weighted by molar-refractivity contribution is -0.117. The van der Waals surface area contributed by atoms with Crippen molar-refractivity contribution in [2.45, 2.75) is 19.9 Å². The first kappa shape index (κ1) is 18.2. The average Bonchev–Trinajstić information content (AvgIpc) is 2.63. The van der Waals surface area contributed by atoms with Crippen molar-refractivity contribution in [3.63, 3.8) is 0 Å². The third kappa shape index (κ3) is 5.17. The van der Waals surface area contributed by atoms with Gasteiger partial charge in [0.05, 0.1) is 12.2 Å². The summed E-state index contributed by atoms with van der Waals surface area (Å²) in [6.07, 6.45) is 0. The number of amides is 2. The first-order valence-corrected chi connectivity index (χ1v) is 7.95. The number of benzene rings is 2. The van der Waals surface area contributed by atoms with Crippen LogP contribution in [0.2, 0.25) is 0 Å². The molecule has 25 heavy (non-hydrogen) atoms. The molecule has 1 atom stereocenters. The van der Waals surface area contributed by atoms with E-state index in [9.17, 15) is 14.4 Å². The summed E-state index contributed by atoms with van der Waals surface area (Å²) in [5, 5.41) is 5.33. The molecular weight excluding hydrogens is 320 g/mol. The Balaban J connectivity index is 1.92. The molecule has 2 aromatic rings.